The van der Waals surface area contributed by atoms with Crippen molar-refractivity contribution in [1.29, 1.82) is 0 Å². The molecule has 0 spiro atoms. The molecule has 1 unspecified atom stereocenters. The Balaban J connectivity index is 1.78. The van der Waals surface area contributed by atoms with E-state index in [0.717, 1.165) is 30.7 Å². The van der Waals surface area contributed by atoms with Gasteiger partial charge in [0.25, 0.3) is 5.91 Å². The van der Waals surface area contributed by atoms with Gasteiger partial charge in [-0.05, 0) is 44.0 Å². The second-order valence-electron chi connectivity index (χ2n) is 6.47. The predicted molar refractivity (Wildman–Crippen MR) is 107 cm³/mol. The zero-order valence-corrected chi connectivity index (χ0v) is 15.7. The SMILES string of the molecule is COc1ccccc1NC(=NCC1CCCO1)NC(=O)c1cccc(C)c1. The number of amides is 1. The standard InChI is InChI=1S/C21H25N3O3/c1-15-7-5-8-16(13-15)20(25)24-21(22-14-17-9-6-12-27-17)23-18-10-3-4-11-19(18)26-2/h3-5,7-8,10-11,13,17H,6,9,12,14H2,1-2H3,(H2,22,23,24,25). The summed E-state index contributed by atoms with van der Waals surface area (Å²) in [6.07, 6.45) is 2.12. The van der Waals surface area contributed by atoms with Crippen LogP contribution in [-0.2, 0) is 4.74 Å². The molecule has 2 aromatic carbocycles. The Kier molecular flexibility index (Phi) is 6.44. The third-order valence-electron chi connectivity index (χ3n) is 4.35. The average molecular weight is 367 g/mol. The fourth-order valence-corrected chi connectivity index (χ4v) is 2.93. The van der Waals surface area contributed by atoms with Gasteiger partial charge in [0.15, 0.2) is 0 Å². The van der Waals surface area contributed by atoms with Crippen LogP contribution in [0.3, 0.4) is 0 Å². The molecule has 0 aliphatic carbocycles. The third-order valence-corrected chi connectivity index (χ3v) is 4.35. The van der Waals surface area contributed by atoms with Gasteiger partial charge in [-0.15, -0.1) is 0 Å². The summed E-state index contributed by atoms with van der Waals surface area (Å²) in [5, 5.41) is 6.05. The number of nitrogens with one attached hydrogen (secondary N) is 2. The highest BCUT2D eigenvalue weighted by Crippen LogP contribution is 2.23. The smallest absolute Gasteiger partial charge is 0.257 e. The van der Waals surface area contributed by atoms with E-state index in [2.05, 4.69) is 15.6 Å². The second kappa shape index (κ2) is 9.19. The molecule has 1 saturated heterocycles. The van der Waals surface area contributed by atoms with Crippen LogP contribution in [0.1, 0.15) is 28.8 Å². The Morgan fingerprint density at radius 2 is 2.11 bits per heavy atom. The van der Waals surface area contributed by atoms with Gasteiger partial charge in [-0.1, -0.05) is 29.8 Å². The van der Waals surface area contributed by atoms with Gasteiger partial charge in [-0.25, -0.2) is 4.99 Å². The first kappa shape index (κ1) is 18.9. The van der Waals surface area contributed by atoms with Gasteiger partial charge in [0.2, 0.25) is 5.96 Å². The summed E-state index contributed by atoms with van der Waals surface area (Å²) >= 11 is 0. The van der Waals surface area contributed by atoms with Gasteiger partial charge in [-0.2, -0.15) is 0 Å². The van der Waals surface area contributed by atoms with E-state index in [1.807, 2.05) is 49.4 Å². The lowest BCUT2D eigenvalue weighted by atomic mass is 10.1. The fourth-order valence-electron chi connectivity index (χ4n) is 2.93. The number of methoxy groups -OCH3 is 1. The molecule has 0 radical (unpaired) electrons. The molecule has 2 N–H and O–H groups in total. The lowest BCUT2D eigenvalue weighted by Gasteiger charge is -2.15. The molecular weight excluding hydrogens is 342 g/mol. The van der Waals surface area contributed by atoms with Crippen molar-refractivity contribution < 1.29 is 14.3 Å². The molecule has 27 heavy (non-hydrogen) atoms. The Morgan fingerprint density at radius 3 is 2.85 bits per heavy atom. The molecule has 6 nitrogen and oxygen atoms in total. The normalized spacial score (nSPS) is 16.8. The maximum absolute atomic E-state index is 12.7. The van der Waals surface area contributed by atoms with Crippen molar-refractivity contribution >= 4 is 17.6 Å². The van der Waals surface area contributed by atoms with Crippen molar-refractivity contribution in [2.75, 3.05) is 25.6 Å². The molecule has 1 heterocycles. The first-order valence-electron chi connectivity index (χ1n) is 9.10. The van der Waals surface area contributed by atoms with Crippen molar-refractivity contribution in [2.24, 2.45) is 4.99 Å². The van der Waals surface area contributed by atoms with Crippen molar-refractivity contribution in [3.05, 3.63) is 59.7 Å². The first-order valence-corrected chi connectivity index (χ1v) is 9.10. The Morgan fingerprint density at radius 1 is 1.26 bits per heavy atom. The third kappa shape index (κ3) is 5.31. The highest BCUT2D eigenvalue weighted by atomic mass is 16.5. The van der Waals surface area contributed by atoms with E-state index < -0.39 is 0 Å². The van der Waals surface area contributed by atoms with Crippen LogP contribution < -0.4 is 15.4 Å². The van der Waals surface area contributed by atoms with Crippen molar-refractivity contribution in [1.82, 2.24) is 5.32 Å². The number of benzene rings is 2. The van der Waals surface area contributed by atoms with E-state index in [0.29, 0.717) is 23.8 Å². The molecule has 1 aliphatic heterocycles. The maximum Gasteiger partial charge on any atom is 0.257 e. The Labute approximate surface area is 159 Å². The number of rotatable bonds is 5. The number of anilines is 1. The lowest BCUT2D eigenvalue weighted by molar-refractivity contribution is 0.0975. The van der Waals surface area contributed by atoms with E-state index in [1.54, 1.807) is 13.2 Å². The number of carbonyl (C=O) groups excluding carboxylic acids is 1. The van der Waals surface area contributed by atoms with E-state index in [9.17, 15) is 4.79 Å². The predicted octanol–water partition coefficient (Wildman–Crippen LogP) is 3.38. The van der Waals surface area contributed by atoms with Crippen LogP contribution in [-0.4, -0.2) is 38.2 Å². The van der Waals surface area contributed by atoms with Crippen LogP contribution in [0.15, 0.2) is 53.5 Å². The number of aryl methyl sites for hydroxylation is 1. The molecular formula is C21H25N3O3. The van der Waals surface area contributed by atoms with Crippen molar-refractivity contribution in [3.63, 3.8) is 0 Å². The van der Waals surface area contributed by atoms with Crippen LogP contribution in [0, 0.1) is 6.92 Å². The average Bonchev–Trinajstić information content (AvgIpc) is 3.20. The summed E-state index contributed by atoms with van der Waals surface area (Å²) in [7, 11) is 1.61. The fraction of sp³-hybridized carbons (Fsp3) is 0.333. The maximum atomic E-state index is 12.7. The molecule has 1 aliphatic rings. The number of hydrogen-bond donors (Lipinski definition) is 2. The zero-order valence-electron chi connectivity index (χ0n) is 15.7. The van der Waals surface area contributed by atoms with Crippen LogP contribution in [0.2, 0.25) is 0 Å². The first-order chi connectivity index (χ1) is 13.2. The monoisotopic (exact) mass is 367 g/mol. The van der Waals surface area contributed by atoms with E-state index >= 15 is 0 Å². The molecule has 1 amide bonds. The molecule has 0 aromatic heterocycles. The summed E-state index contributed by atoms with van der Waals surface area (Å²) in [5.41, 5.74) is 2.34. The van der Waals surface area contributed by atoms with Gasteiger partial charge in [0.1, 0.15) is 5.75 Å². The lowest BCUT2D eigenvalue weighted by Crippen LogP contribution is -2.36. The molecule has 142 valence electrons. The minimum absolute atomic E-state index is 0.0929. The summed E-state index contributed by atoms with van der Waals surface area (Å²) in [6.45, 7) is 3.22. The van der Waals surface area contributed by atoms with E-state index in [4.69, 9.17) is 9.47 Å². The van der Waals surface area contributed by atoms with E-state index in [-0.39, 0.29) is 12.0 Å². The Hall–Kier alpha value is -2.86. The molecule has 0 bridgehead atoms. The Bertz CT molecular complexity index is 814. The highest BCUT2D eigenvalue weighted by molar-refractivity contribution is 6.10. The summed E-state index contributed by atoms with van der Waals surface area (Å²) in [5.74, 6) is 0.834. The molecule has 2 aromatic rings. The van der Waals surface area contributed by atoms with Gasteiger partial charge in [0, 0.05) is 12.2 Å². The van der Waals surface area contributed by atoms with E-state index in [1.165, 1.54) is 0 Å². The van der Waals surface area contributed by atoms with Crippen LogP contribution >= 0.6 is 0 Å². The summed E-state index contributed by atoms with van der Waals surface area (Å²) in [4.78, 5) is 17.2. The number of ether oxygens (including phenoxy) is 2. The number of hydrogen-bond acceptors (Lipinski definition) is 4. The number of para-hydroxylation sites is 2. The molecule has 6 heteroatoms. The summed E-state index contributed by atoms with van der Waals surface area (Å²) < 4.78 is 11.0. The van der Waals surface area contributed by atoms with Crippen LogP contribution in [0.4, 0.5) is 5.69 Å². The highest BCUT2D eigenvalue weighted by Gasteiger charge is 2.16. The van der Waals surface area contributed by atoms with Crippen molar-refractivity contribution in [3.8, 4) is 5.75 Å². The molecule has 1 fully saturated rings. The van der Waals surface area contributed by atoms with Crippen LogP contribution in [0.5, 0.6) is 5.75 Å². The van der Waals surface area contributed by atoms with Gasteiger partial charge < -0.3 is 14.8 Å². The molecule has 3 rings (SSSR count). The largest absolute Gasteiger partial charge is 0.495 e. The van der Waals surface area contributed by atoms with Crippen molar-refractivity contribution in [2.45, 2.75) is 25.9 Å². The second-order valence-corrected chi connectivity index (χ2v) is 6.47. The van der Waals surface area contributed by atoms with Gasteiger partial charge in [-0.3, -0.25) is 10.1 Å². The van der Waals surface area contributed by atoms with Crippen LogP contribution in [0.25, 0.3) is 0 Å². The quantitative estimate of drug-likeness (QED) is 0.628. The van der Waals surface area contributed by atoms with Gasteiger partial charge >= 0.3 is 0 Å². The minimum Gasteiger partial charge on any atom is -0.495 e. The number of carbonyl (C=O) groups is 1. The number of nitrogens with zero attached hydrogens (tertiary/aromatic N) is 1. The number of guanidine groups is 1. The zero-order chi connectivity index (χ0) is 19.1. The topological polar surface area (TPSA) is 71.9 Å². The summed E-state index contributed by atoms with van der Waals surface area (Å²) in [6, 6.07) is 14.9. The minimum atomic E-state index is -0.216. The molecule has 0 saturated carbocycles. The number of aliphatic imine (C=N–C) groups is 1. The van der Waals surface area contributed by atoms with Gasteiger partial charge in [0.05, 0.1) is 25.4 Å². The molecule has 1 atom stereocenters.